The van der Waals surface area contributed by atoms with E-state index >= 15 is 4.39 Å². The predicted molar refractivity (Wildman–Crippen MR) is 134 cm³/mol. The Hall–Kier alpha value is -4.44. The number of anilines is 1. The zero-order chi connectivity index (χ0) is 23.9. The number of amides is 1. The second-order valence-corrected chi connectivity index (χ2v) is 8.75. The van der Waals surface area contributed by atoms with E-state index in [2.05, 4.69) is 30.5 Å². The first-order chi connectivity index (χ1) is 17.1. The monoisotopic (exact) mass is 483 g/mol. The van der Waals surface area contributed by atoms with Crippen LogP contribution in [0.5, 0.6) is 0 Å². The van der Waals surface area contributed by atoms with Crippen molar-refractivity contribution in [3.8, 4) is 33.9 Å². The van der Waals surface area contributed by atoms with E-state index in [1.54, 1.807) is 42.9 Å². The van der Waals surface area contributed by atoms with Crippen LogP contribution in [-0.4, -0.2) is 36.0 Å². The summed E-state index contributed by atoms with van der Waals surface area (Å²) in [6, 6.07) is 8.87. The zero-order valence-corrected chi connectivity index (χ0v) is 19.3. The SMILES string of the molecule is CCC(=O)Nc1cncc(-c2cc(F)c3n[nH]c(-c4nc5c(-c6ccsc6)nccc5[nH]4)c3c2)c1. The molecule has 1 amide bonds. The summed E-state index contributed by atoms with van der Waals surface area (Å²) in [6.07, 6.45) is 5.27. The van der Waals surface area contributed by atoms with Gasteiger partial charge in [-0.3, -0.25) is 19.9 Å². The number of nitrogens with zero attached hydrogens (tertiary/aromatic N) is 4. The lowest BCUT2D eigenvalue weighted by molar-refractivity contribution is -0.115. The molecule has 6 aromatic rings. The zero-order valence-electron chi connectivity index (χ0n) is 18.5. The Bertz CT molecular complexity index is 1700. The Morgan fingerprint density at radius 3 is 2.86 bits per heavy atom. The molecule has 3 N–H and O–H groups in total. The van der Waals surface area contributed by atoms with Crippen molar-refractivity contribution in [3.63, 3.8) is 0 Å². The van der Waals surface area contributed by atoms with Crippen molar-refractivity contribution in [1.29, 1.82) is 0 Å². The molecule has 0 radical (unpaired) electrons. The molecule has 0 saturated heterocycles. The maximum Gasteiger partial charge on any atom is 0.224 e. The van der Waals surface area contributed by atoms with Crippen LogP contribution < -0.4 is 5.32 Å². The van der Waals surface area contributed by atoms with Crippen molar-refractivity contribution in [2.24, 2.45) is 0 Å². The van der Waals surface area contributed by atoms with Gasteiger partial charge < -0.3 is 10.3 Å². The molecule has 0 spiro atoms. The van der Waals surface area contributed by atoms with Crippen molar-refractivity contribution in [2.45, 2.75) is 13.3 Å². The van der Waals surface area contributed by atoms with E-state index in [9.17, 15) is 4.79 Å². The van der Waals surface area contributed by atoms with Crippen molar-refractivity contribution in [3.05, 3.63) is 65.5 Å². The molecular formula is C25H18FN7OS. The number of rotatable bonds is 5. The summed E-state index contributed by atoms with van der Waals surface area (Å²) in [5.74, 6) is -0.0609. The largest absolute Gasteiger partial charge is 0.337 e. The first-order valence-electron chi connectivity index (χ1n) is 10.9. The first-order valence-corrected chi connectivity index (χ1v) is 11.9. The van der Waals surface area contributed by atoms with E-state index in [0.29, 0.717) is 40.1 Å². The van der Waals surface area contributed by atoms with E-state index in [4.69, 9.17) is 4.98 Å². The summed E-state index contributed by atoms with van der Waals surface area (Å²) < 4.78 is 15.1. The number of nitrogens with one attached hydrogen (secondary N) is 3. The van der Waals surface area contributed by atoms with Gasteiger partial charge in [-0.05, 0) is 41.3 Å². The minimum Gasteiger partial charge on any atom is -0.337 e. The highest BCUT2D eigenvalue weighted by molar-refractivity contribution is 7.08. The molecule has 172 valence electrons. The molecule has 5 aromatic heterocycles. The number of H-pyrrole nitrogens is 2. The number of thiophene rings is 1. The number of pyridine rings is 2. The number of carbonyl (C=O) groups is 1. The molecule has 8 nitrogen and oxygen atoms in total. The fourth-order valence-corrected chi connectivity index (χ4v) is 4.64. The Morgan fingerprint density at radius 2 is 2.03 bits per heavy atom. The molecule has 0 atom stereocenters. The second kappa shape index (κ2) is 8.41. The molecule has 35 heavy (non-hydrogen) atoms. The fourth-order valence-electron chi connectivity index (χ4n) is 4.00. The van der Waals surface area contributed by atoms with Crippen molar-refractivity contribution >= 4 is 44.9 Å². The van der Waals surface area contributed by atoms with E-state index < -0.39 is 5.82 Å². The Labute approximate surface area is 202 Å². The van der Waals surface area contributed by atoms with Crippen LogP contribution in [0.4, 0.5) is 10.1 Å². The summed E-state index contributed by atoms with van der Waals surface area (Å²) >= 11 is 1.59. The topological polar surface area (TPSA) is 112 Å². The number of carbonyl (C=O) groups excluding carboxylic acids is 1. The number of aromatic amines is 2. The molecular weight excluding hydrogens is 465 g/mol. The molecule has 0 unspecified atom stereocenters. The predicted octanol–water partition coefficient (Wildman–Crippen LogP) is 5.78. The Balaban J connectivity index is 1.47. The van der Waals surface area contributed by atoms with E-state index in [0.717, 1.165) is 22.3 Å². The van der Waals surface area contributed by atoms with Gasteiger partial charge in [0.1, 0.15) is 16.7 Å². The van der Waals surface area contributed by atoms with Gasteiger partial charge in [0.15, 0.2) is 11.6 Å². The normalized spacial score (nSPS) is 11.4. The highest BCUT2D eigenvalue weighted by atomic mass is 32.1. The van der Waals surface area contributed by atoms with Crippen molar-refractivity contribution in [2.75, 3.05) is 5.32 Å². The molecule has 0 saturated carbocycles. The lowest BCUT2D eigenvalue weighted by Crippen LogP contribution is -2.09. The minimum atomic E-state index is -0.472. The third kappa shape index (κ3) is 3.73. The maximum atomic E-state index is 15.1. The minimum absolute atomic E-state index is 0.121. The highest BCUT2D eigenvalue weighted by Gasteiger charge is 2.18. The van der Waals surface area contributed by atoms with Gasteiger partial charge in [-0.2, -0.15) is 16.4 Å². The molecule has 0 bridgehead atoms. The van der Waals surface area contributed by atoms with Crippen LogP contribution in [0.15, 0.2) is 59.7 Å². The van der Waals surface area contributed by atoms with Crippen molar-refractivity contribution in [1.82, 2.24) is 30.1 Å². The Kier molecular flexibility index (Phi) is 5.07. The average molecular weight is 484 g/mol. The Morgan fingerprint density at radius 1 is 1.11 bits per heavy atom. The third-order valence-corrected chi connectivity index (χ3v) is 6.40. The van der Waals surface area contributed by atoms with Crippen LogP contribution in [0.1, 0.15) is 13.3 Å². The first kappa shape index (κ1) is 21.1. The lowest BCUT2D eigenvalue weighted by Gasteiger charge is -2.07. The van der Waals surface area contributed by atoms with Crippen LogP contribution in [0, 0.1) is 5.82 Å². The van der Waals surface area contributed by atoms with Gasteiger partial charge in [0.05, 0.1) is 23.1 Å². The second-order valence-electron chi connectivity index (χ2n) is 7.97. The molecule has 0 aliphatic heterocycles. The van der Waals surface area contributed by atoms with Crippen LogP contribution in [0.25, 0.3) is 55.8 Å². The van der Waals surface area contributed by atoms with Gasteiger partial charge in [-0.25, -0.2) is 9.37 Å². The molecule has 1 aromatic carbocycles. The molecule has 0 aliphatic carbocycles. The third-order valence-electron chi connectivity index (χ3n) is 5.72. The molecule has 5 heterocycles. The number of halogens is 1. The van der Waals surface area contributed by atoms with Crippen LogP contribution in [-0.2, 0) is 4.79 Å². The van der Waals surface area contributed by atoms with E-state index in [1.807, 2.05) is 29.0 Å². The molecule has 0 fully saturated rings. The summed E-state index contributed by atoms with van der Waals surface area (Å²) in [4.78, 5) is 28.6. The number of imidazole rings is 1. The summed E-state index contributed by atoms with van der Waals surface area (Å²) in [7, 11) is 0. The standard InChI is InChI=1S/C25H18FN7OS/c1-2-20(34)29-16-7-15(10-27-11-16)14-8-17-22(18(26)9-14)32-33-23(17)25-30-19-3-5-28-21(24(19)31-25)13-4-6-35-12-13/h3-12H,2H2,1H3,(H,29,34)(H,30,31)(H,32,33). The maximum absolute atomic E-state index is 15.1. The summed E-state index contributed by atoms with van der Waals surface area (Å²) in [6.45, 7) is 1.77. The van der Waals surface area contributed by atoms with E-state index in [1.165, 1.54) is 6.07 Å². The van der Waals surface area contributed by atoms with Gasteiger partial charge >= 0.3 is 0 Å². The van der Waals surface area contributed by atoms with Gasteiger partial charge in [0, 0.05) is 40.7 Å². The van der Waals surface area contributed by atoms with Gasteiger partial charge in [-0.15, -0.1) is 0 Å². The fraction of sp³-hybridized carbons (Fsp3) is 0.0800. The smallest absolute Gasteiger partial charge is 0.224 e. The number of hydrogen-bond donors (Lipinski definition) is 3. The number of fused-ring (bicyclic) bond motifs is 2. The van der Waals surface area contributed by atoms with Gasteiger partial charge in [0.25, 0.3) is 0 Å². The van der Waals surface area contributed by atoms with Gasteiger partial charge in [0.2, 0.25) is 5.91 Å². The number of benzene rings is 1. The van der Waals surface area contributed by atoms with Crippen LogP contribution in [0.2, 0.25) is 0 Å². The molecule has 6 rings (SSSR count). The van der Waals surface area contributed by atoms with Gasteiger partial charge in [-0.1, -0.05) is 6.92 Å². The van der Waals surface area contributed by atoms with E-state index in [-0.39, 0.29) is 11.4 Å². The van der Waals surface area contributed by atoms with Crippen molar-refractivity contribution < 1.29 is 9.18 Å². The summed E-state index contributed by atoms with van der Waals surface area (Å²) in [5.41, 5.74) is 5.91. The molecule has 0 aliphatic rings. The van der Waals surface area contributed by atoms with Crippen LogP contribution >= 0.6 is 11.3 Å². The number of aromatic nitrogens is 6. The highest BCUT2D eigenvalue weighted by Crippen LogP contribution is 2.34. The lowest BCUT2D eigenvalue weighted by atomic mass is 10.0. The average Bonchev–Trinajstić information content (AvgIpc) is 3.63. The summed E-state index contributed by atoms with van der Waals surface area (Å²) in [5, 5.41) is 14.5. The van der Waals surface area contributed by atoms with Crippen LogP contribution in [0.3, 0.4) is 0 Å². The quantitative estimate of drug-likeness (QED) is 0.288. The number of hydrogen-bond acceptors (Lipinski definition) is 6. The molecule has 10 heteroatoms.